The zero-order valence-corrected chi connectivity index (χ0v) is 9.29. The van der Waals surface area contributed by atoms with Gasteiger partial charge in [-0.2, -0.15) is 0 Å². The molecule has 1 aromatic carbocycles. The first kappa shape index (κ1) is 10.8. The summed E-state index contributed by atoms with van der Waals surface area (Å²) in [5.74, 6) is -0.277. The molecule has 0 amide bonds. The summed E-state index contributed by atoms with van der Waals surface area (Å²) in [7, 11) is 5.52. The summed E-state index contributed by atoms with van der Waals surface area (Å²) >= 11 is 2.25. The molecule has 13 heavy (non-hydrogen) atoms. The Bertz CT molecular complexity index is 292. The third-order valence-electron chi connectivity index (χ3n) is 1.68. The molecule has 0 aromatic heterocycles. The molecule has 0 fully saturated rings. The SMILES string of the molecule is [B]c1cc(F)cc([C@@H](I)CC=C)c1. The van der Waals surface area contributed by atoms with Crippen LogP contribution in [-0.2, 0) is 0 Å². The van der Waals surface area contributed by atoms with Crippen LogP contribution in [0.4, 0.5) is 4.39 Å². The van der Waals surface area contributed by atoms with Crippen LogP contribution in [0.15, 0.2) is 30.9 Å². The van der Waals surface area contributed by atoms with Crippen LogP contribution in [-0.4, -0.2) is 7.85 Å². The first-order chi connectivity index (χ1) is 6.13. The number of rotatable bonds is 3. The van der Waals surface area contributed by atoms with Gasteiger partial charge in [0.05, 0.1) is 0 Å². The van der Waals surface area contributed by atoms with Gasteiger partial charge in [-0.05, 0) is 24.1 Å². The van der Waals surface area contributed by atoms with Gasteiger partial charge in [-0.3, -0.25) is 0 Å². The molecule has 0 aliphatic rings. The van der Waals surface area contributed by atoms with Crippen LogP contribution < -0.4 is 5.46 Å². The van der Waals surface area contributed by atoms with E-state index in [2.05, 4.69) is 29.2 Å². The Labute approximate surface area is 92.8 Å². The summed E-state index contributed by atoms with van der Waals surface area (Å²) in [6, 6.07) is 4.63. The van der Waals surface area contributed by atoms with E-state index in [1.165, 1.54) is 12.1 Å². The molecule has 0 aliphatic carbocycles. The van der Waals surface area contributed by atoms with Crippen LogP contribution in [0.25, 0.3) is 0 Å². The lowest BCUT2D eigenvalue weighted by Gasteiger charge is -2.08. The van der Waals surface area contributed by atoms with Gasteiger partial charge >= 0.3 is 0 Å². The van der Waals surface area contributed by atoms with Gasteiger partial charge in [0.15, 0.2) is 0 Å². The Hall–Kier alpha value is -0.315. The highest BCUT2D eigenvalue weighted by Gasteiger charge is 2.06. The third-order valence-corrected chi connectivity index (χ3v) is 2.91. The molecule has 2 radical (unpaired) electrons. The average molecular weight is 286 g/mol. The predicted octanol–water partition coefficient (Wildman–Crippen LogP) is 2.67. The lowest BCUT2D eigenvalue weighted by Crippen LogP contribution is -2.05. The smallest absolute Gasteiger partial charge is 0.122 e. The van der Waals surface area contributed by atoms with E-state index in [-0.39, 0.29) is 9.74 Å². The molecule has 0 heterocycles. The number of alkyl halides is 1. The zero-order valence-electron chi connectivity index (χ0n) is 7.13. The van der Waals surface area contributed by atoms with Crippen molar-refractivity contribution < 1.29 is 4.39 Å². The highest BCUT2D eigenvalue weighted by atomic mass is 127. The monoisotopic (exact) mass is 286 g/mol. The van der Waals surface area contributed by atoms with Crippen molar-refractivity contribution >= 4 is 35.9 Å². The number of benzene rings is 1. The van der Waals surface area contributed by atoms with E-state index < -0.39 is 0 Å². The molecule has 0 aliphatic heterocycles. The van der Waals surface area contributed by atoms with Crippen LogP contribution in [0.3, 0.4) is 0 Å². The fourth-order valence-electron chi connectivity index (χ4n) is 1.10. The molecule has 0 nitrogen and oxygen atoms in total. The van der Waals surface area contributed by atoms with Crippen molar-refractivity contribution in [2.24, 2.45) is 0 Å². The lowest BCUT2D eigenvalue weighted by molar-refractivity contribution is 0.626. The summed E-state index contributed by atoms with van der Waals surface area (Å²) < 4.78 is 13.2. The van der Waals surface area contributed by atoms with Gasteiger partial charge in [-0.25, -0.2) is 4.39 Å². The van der Waals surface area contributed by atoms with Crippen molar-refractivity contribution in [1.29, 1.82) is 0 Å². The molecule has 66 valence electrons. The van der Waals surface area contributed by atoms with Crippen LogP contribution in [0, 0.1) is 5.82 Å². The van der Waals surface area contributed by atoms with Crippen molar-refractivity contribution in [3.8, 4) is 0 Å². The standard InChI is InChI=1S/C10H9BFI/c1-2-3-10(13)7-4-8(11)6-9(12)5-7/h2,4-6,10H,1,3H2/t10-/m0/s1. The van der Waals surface area contributed by atoms with Gasteiger partial charge in [-0.15, -0.1) is 6.58 Å². The van der Waals surface area contributed by atoms with Crippen molar-refractivity contribution in [3.63, 3.8) is 0 Å². The van der Waals surface area contributed by atoms with E-state index in [0.717, 1.165) is 12.0 Å². The molecule has 0 saturated heterocycles. The van der Waals surface area contributed by atoms with E-state index >= 15 is 0 Å². The Kier molecular flexibility index (Phi) is 3.97. The second kappa shape index (κ2) is 4.79. The largest absolute Gasteiger partial charge is 0.207 e. The van der Waals surface area contributed by atoms with E-state index in [1.807, 2.05) is 6.08 Å². The molecule has 3 heteroatoms. The fraction of sp³-hybridized carbons (Fsp3) is 0.200. The van der Waals surface area contributed by atoms with Crippen molar-refractivity contribution in [3.05, 3.63) is 42.2 Å². The maximum Gasteiger partial charge on any atom is 0.122 e. The number of hydrogen-bond acceptors (Lipinski definition) is 0. The predicted molar refractivity (Wildman–Crippen MR) is 63.4 cm³/mol. The van der Waals surface area contributed by atoms with E-state index in [4.69, 9.17) is 7.85 Å². The quantitative estimate of drug-likeness (QED) is 0.347. The lowest BCUT2D eigenvalue weighted by atomic mass is 9.93. The average Bonchev–Trinajstić information content (AvgIpc) is 2.03. The molecule has 1 rings (SSSR count). The molecule has 1 aromatic rings. The Morgan fingerprint density at radius 2 is 2.23 bits per heavy atom. The second-order valence-electron chi connectivity index (χ2n) is 2.81. The molecule has 0 unspecified atom stereocenters. The summed E-state index contributed by atoms with van der Waals surface area (Å²) in [5, 5.41) is 0. The van der Waals surface area contributed by atoms with Gasteiger partial charge in [0, 0.05) is 3.92 Å². The van der Waals surface area contributed by atoms with Crippen LogP contribution in [0.1, 0.15) is 15.9 Å². The summed E-state index contributed by atoms with van der Waals surface area (Å²) in [6.45, 7) is 3.64. The van der Waals surface area contributed by atoms with Crippen LogP contribution >= 0.6 is 22.6 Å². The first-order valence-corrected chi connectivity index (χ1v) is 5.19. The van der Waals surface area contributed by atoms with E-state index in [9.17, 15) is 4.39 Å². The molecule has 0 spiro atoms. The maximum absolute atomic E-state index is 12.9. The molecule has 1 atom stereocenters. The van der Waals surface area contributed by atoms with Gasteiger partial charge in [-0.1, -0.05) is 40.2 Å². The van der Waals surface area contributed by atoms with Gasteiger partial charge in [0.1, 0.15) is 13.7 Å². The Morgan fingerprint density at radius 1 is 1.54 bits per heavy atom. The number of halogens is 2. The minimum atomic E-state index is -0.277. The molecular weight excluding hydrogens is 277 g/mol. The Morgan fingerprint density at radius 3 is 2.77 bits per heavy atom. The van der Waals surface area contributed by atoms with Crippen molar-refractivity contribution in [2.45, 2.75) is 10.3 Å². The van der Waals surface area contributed by atoms with E-state index in [1.54, 1.807) is 6.07 Å². The van der Waals surface area contributed by atoms with Crippen molar-refractivity contribution in [1.82, 2.24) is 0 Å². The molecule has 0 bridgehead atoms. The van der Waals surface area contributed by atoms with Gasteiger partial charge in [0.2, 0.25) is 0 Å². The number of hydrogen-bond donors (Lipinski definition) is 0. The summed E-state index contributed by atoms with van der Waals surface area (Å²) in [4.78, 5) is 0. The van der Waals surface area contributed by atoms with Crippen molar-refractivity contribution in [2.75, 3.05) is 0 Å². The molecule has 0 saturated carbocycles. The van der Waals surface area contributed by atoms with Gasteiger partial charge < -0.3 is 0 Å². The highest BCUT2D eigenvalue weighted by molar-refractivity contribution is 14.1. The van der Waals surface area contributed by atoms with E-state index in [0.29, 0.717) is 5.46 Å². The normalized spacial score (nSPS) is 12.5. The molecular formula is C10H9BFI. The minimum absolute atomic E-state index is 0.244. The highest BCUT2D eigenvalue weighted by Crippen LogP contribution is 2.26. The van der Waals surface area contributed by atoms with Crippen LogP contribution in [0.2, 0.25) is 0 Å². The van der Waals surface area contributed by atoms with Crippen LogP contribution in [0.5, 0.6) is 0 Å². The fourth-order valence-corrected chi connectivity index (χ4v) is 1.82. The summed E-state index contributed by atoms with van der Waals surface area (Å²) in [6.07, 6.45) is 2.64. The maximum atomic E-state index is 12.9. The topological polar surface area (TPSA) is 0 Å². The second-order valence-corrected chi connectivity index (χ2v) is 4.31. The zero-order chi connectivity index (χ0) is 9.84. The number of allylic oxidation sites excluding steroid dienone is 1. The first-order valence-electron chi connectivity index (χ1n) is 3.94. The molecule has 0 N–H and O–H groups in total. The Balaban J connectivity index is 2.93. The third kappa shape index (κ3) is 3.14. The minimum Gasteiger partial charge on any atom is -0.207 e. The van der Waals surface area contributed by atoms with Gasteiger partial charge in [0.25, 0.3) is 0 Å². The summed E-state index contributed by atoms with van der Waals surface area (Å²) in [5.41, 5.74) is 1.39.